The highest BCUT2D eigenvalue weighted by atomic mass is 32.1. The van der Waals surface area contributed by atoms with Crippen LogP contribution < -0.4 is 5.32 Å². The lowest BCUT2D eigenvalue weighted by atomic mass is 10.2. The molecule has 106 valence electrons. The molecule has 2 aromatic heterocycles. The smallest absolute Gasteiger partial charge is 0.138 e. The van der Waals surface area contributed by atoms with Crippen molar-refractivity contribution in [2.24, 2.45) is 0 Å². The number of fused-ring (bicyclic) bond motifs is 3. The zero-order valence-electron chi connectivity index (χ0n) is 11.7. The maximum atomic E-state index is 5.69. The van der Waals surface area contributed by atoms with Crippen LogP contribution >= 0.6 is 11.3 Å². The summed E-state index contributed by atoms with van der Waals surface area (Å²) < 4.78 is 5.69. The summed E-state index contributed by atoms with van der Waals surface area (Å²) in [6.45, 7) is 3.73. The normalized spacial score (nSPS) is 21.6. The number of ether oxygens (including phenoxy) is 1. The van der Waals surface area contributed by atoms with E-state index in [2.05, 4.69) is 15.3 Å². The molecule has 5 heteroatoms. The second kappa shape index (κ2) is 4.97. The lowest BCUT2D eigenvalue weighted by Crippen LogP contribution is -2.19. The fourth-order valence-corrected chi connectivity index (χ4v) is 4.55. The highest BCUT2D eigenvalue weighted by molar-refractivity contribution is 7.19. The van der Waals surface area contributed by atoms with E-state index in [-0.39, 0.29) is 0 Å². The Bertz CT molecular complexity index is 646. The Morgan fingerprint density at radius 1 is 1.30 bits per heavy atom. The zero-order valence-corrected chi connectivity index (χ0v) is 12.6. The molecule has 1 aliphatic heterocycles. The Hall–Kier alpha value is -1.20. The molecule has 20 heavy (non-hydrogen) atoms. The van der Waals surface area contributed by atoms with Crippen LogP contribution in [0.3, 0.4) is 0 Å². The molecular weight excluding hydrogens is 270 g/mol. The number of nitrogens with one attached hydrogen (secondary N) is 1. The molecule has 1 aliphatic carbocycles. The molecule has 0 spiro atoms. The van der Waals surface area contributed by atoms with E-state index in [1.54, 1.807) is 0 Å². The van der Waals surface area contributed by atoms with Gasteiger partial charge >= 0.3 is 0 Å². The fraction of sp³-hybridized carbons (Fsp3) is 0.600. The van der Waals surface area contributed by atoms with Crippen molar-refractivity contribution in [3.63, 3.8) is 0 Å². The zero-order chi connectivity index (χ0) is 13.5. The minimum Gasteiger partial charge on any atom is -0.376 e. The number of aromatic nitrogens is 2. The lowest BCUT2D eigenvalue weighted by Gasteiger charge is -2.13. The highest BCUT2D eigenvalue weighted by Gasteiger charge is 2.22. The summed E-state index contributed by atoms with van der Waals surface area (Å²) in [4.78, 5) is 11.9. The van der Waals surface area contributed by atoms with E-state index in [1.165, 1.54) is 41.5 Å². The van der Waals surface area contributed by atoms with Crippen molar-refractivity contribution in [2.75, 3.05) is 18.5 Å². The van der Waals surface area contributed by atoms with E-state index < -0.39 is 0 Å². The molecule has 0 saturated carbocycles. The van der Waals surface area contributed by atoms with Gasteiger partial charge in [-0.15, -0.1) is 11.3 Å². The molecule has 4 rings (SSSR count). The van der Waals surface area contributed by atoms with Gasteiger partial charge in [0, 0.05) is 18.0 Å². The van der Waals surface area contributed by atoms with Crippen LogP contribution in [0.1, 0.15) is 35.5 Å². The summed E-state index contributed by atoms with van der Waals surface area (Å²) in [5.74, 6) is 1.87. The summed E-state index contributed by atoms with van der Waals surface area (Å²) in [5, 5.41) is 4.79. The van der Waals surface area contributed by atoms with Crippen LogP contribution in [0.5, 0.6) is 0 Å². The summed E-state index contributed by atoms with van der Waals surface area (Å²) >= 11 is 1.85. The monoisotopic (exact) mass is 289 g/mol. The van der Waals surface area contributed by atoms with Gasteiger partial charge in [-0.1, -0.05) is 0 Å². The van der Waals surface area contributed by atoms with Crippen LogP contribution in [-0.4, -0.2) is 29.2 Å². The van der Waals surface area contributed by atoms with Gasteiger partial charge in [0.25, 0.3) is 0 Å². The van der Waals surface area contributed by atoms with Crippen molar-refractivity contribution in [3.8, 4) is 0 Å². The summed E-state index contributed by atoms with van der Waals surface area (Å²) in [6.07, 6.45) is 6.33. The summed E-state index contributed by atoms with van der Waals surface area (Å²) in [5.41, 5.74) is 1.49. The Morgan fingerprint density at radius 3 is 3.10 bits per heavy atom. The molecule has 4 nitrogen and oxygen atoms in total. The molecule has 0 aromatic carbocycles. The van der Waals surface area contributed by atoms with Gasteiger partial charge in [0.1, 0.15) is 16.5 Å². The molecule has 0 amide bonds. The quantitative estimate of drug-likeness (QED) is 0.943. The first-order chi connectivity index (χ1) is 9.81. The van der Waals surface area contributed by atoms with Crippen LogP contribution in [0.25, 0.3) is 10.2 Å². The topological polar surface area (TPSA) is 47.0 Å². The third-order valence-electron chi connectivity index (χ3n) is 4.20. The predicted molar refractivity (Wildman–Crippen MR) is 81.6 cm³/mol. The number of hydrogen-bond donors (Lipinski definition) is 1. The molecule has 1 unspecified atom stereocenters. The largest absolute Gasteiger partial charge is 0.376 e. The number of thiophene rings is 1. The predicted octanol–water partition coefficient (Wildman–Crippen LogP) is 3.08. The van der Waals surface area contributed by atoms with Gasteiger partial charge < -0.3 is 10.1 Å². The summed E-state index contributed by atoms with van der Waals surface area (Å²) in [6, 6.07) is 0. The van der Waals surface area contributed by atoms with Gasteiger partial charge in [-0.05, 0) is 44.6 Å². The van der Waals surface area contributed by atoms with E-state index in [4.69, 9.17) is 4.74 Å². The van der Waals surface area contributed by atoms with Crippen molar-refractivity contribution in [1.29, 1.82) is 0 Å². The van der Waals surface area contributed by atoms with E-state index >= 15 is 0 Å². The molecule has 0 radical (unpaired) electrons. The maximum absolute atomic E-state index is 5.69. The molecule has 1 N–H and O–H groups in total. The molecule has 1 saturated heterocycles. The first-order valence-corrected chi connectivity index (χ1v) is 8.27. The summed E-state index contributed by atoms with van der Waals surface area (Å²) in [7, 11) is 0. The van der Waals surface area contributed by atoms with E-state index in [1.807, 2.05) is 18.3 Å². The van der Waals surface area contributed by atoms with Crippen LogP contribution in [0, 0.1) is 6.92 Å². The standard InChI is InChI=1S/C15H19N3OS/c1-9-17-14(16-8-10-4-3-7-19-10)13-11-5-2-6-12(11)20-15(13)18-9/h10H,2-8H2,1H3,(H,16,17,18). The van der Waals surface area contributed by atoms with Crippen molar-refractivity contribution < 1.29 is 4.74 Å². The molecule has 1 fully saturated rings. The minimum atomic E-state index is 0.340. The van der Waals surface area contributed by atoms with E-state index in [9.17, 15) is 0 Å². The van der Waals surface area contributed by atoms with Gasteiger partial charge in [0.05, 0.1) is 11.5 Å². The van der Waals surface area contributed by atoms with Gasteiger partial charge in [-0.3, -0.25) is 0 Å². The molecule has 1 atom stereocenters. The molecular formula is C15H19N3OS. The van der Waals surface area contributed by atoms with Crippen LogP contribution in [0.2, 0.25) is 0 Å². The van der Waals surface area contributed by atoms with Gasteiger partial charge in [-0.2, -0.15) is 0 Å². The SMILES string of the molecule is Cc1nc(NCC2CCCO2)c2c3c(sc2n1)CCC3. The van der Waals surface area contributed by atoms with Crippen molar-refractivity contribution in [3.05, 3.63) is 16.3 Å². The third-order valence-corrected chi connectivity index (χ3v) is 5.38. The van der Waals surface area contributed by atoms with Gasteiger partial charge in [0.15, 0.2) is 0 Å². The molecule has 2 aliphatic rings. The Morgan fingerprint density at radius 2 is 2.25 bits per heavy atom. The van der Waals surface area contributed by atoms with Crippen LogP contribution in [0.4, 0.5) is 5.82 Å². The van der Waals surface area contributed by atoms with Gasteiger partial charge in [-0.25, -0.2) is 9.97 Å². The van der Waals surface area contributed by atoms with Crippen LogP contribution in [0.15, 0.2) is 0 Å². The molecule has 0 bridgehead atoms. The average Bonchev–Trinajstić information content (AvgIpc) is 3.11. The van der Waals surface area contributed by atoms with E-state index in [0.29, 0.717) is 6.10 Å². The maximum Gasteiger partial charge on any atom is 0.138 e. The second-order valence-electron chi connectivity index (χ2n) is 5.67. The van der Waals surface area contributed by atoms with Crippen LogP contribution in [-0.2, 0) is 17.6 Å². The number of hydrogen-bond acceptors (Lipinski definition) is 5. The highest BCUT2D eigenvalue weighted by Crippen LogP contribution is 2.39. The second-order valence-corrected chi connectivity index (χ2v) is 6.76. The first kappa shape index (κ1) is 12.5. The average molecular weight is 289 g/mol. The fourth-order valence-electron chi connectivity index (χ4n) is 3.25. The molecule has 2 aromatic rings. The Kier molecular flexibility index (Phi) is 3.11. The number of anilines is 1. The van der Waals surface area contributed by atoms with Crippen molar-refractivity contribution in [1.82, 2.24) is 9.97 Å². The lowest BCUT2D eigenvalue weighted by molar-refractivity contribution is 0.120. The van der Waals surface area contributed by atoms with Crippen molar-refractivity contribution >= 4 is 27.4 Å². The molecule has 3 heterocycles. The number of nitrogens with zero attached hydrogens (tertiary/aromatic N) is 2. The number of aryl methyl sites for hydroxylation is 3. The number of rotatable bonds is 3. The Labute approximate surface area is 122 Å². The van der Waals surface area contributed by atoms with Gasteiger partial charge in [0.2, 0.25) is 0 Å². The Balaban J connectivity index is 1.69. The van der Waals surface area contributed by atoms with Crippen molar-refractivity contribution in [2.45, 2.75) is 45.1 Å². The first-order valence-electron chi connectivity index (χ1n) is 7.45. The van der Waals surface area contributed by atoms with E-state index in [0.717, 1.165) is 36.0 Å². The third kappa shape index (κ3) is 2.09. The minimum absolute atomic E-state index is 0.340.